The summed E-state index contributed by atoms with van der Waals surface area (Å²) in [6, 6.07) is 17.6. The topological polar surface area (TPSA) is 93.1 Å². The van der Waals surface area contributed by atoms with E-state index in [0.29, 0.717) is 18.4 Å². The van der Waals surface area contributed by atoms with E-state index in [9.17, 15) is 14.7 Å². The number of hydrogen-bond donors (Lipinski definition) is 2. The van der Waals surface area contributed by atoms with Gasteiger partial charge in [0.25, 0.3) is 0 Å². The Bertz CT molecular complexity index is 1190. The number of aliphatic hydroxyl groups is 1. The molecule has 0 saturated heterocycles. The molecule has 0 aliphatic heterocycles. The van der Waals surface area contributed by atoms with Gasteiger partial charge in [-0.05, 0) is 79.4 Å². The van der Waals surface area contributed by atoms with Gasteiger partial charge in [-0.25, -0.2) is 4.79 Å². The molecule has 0 bridgehead atoms. The zero-order valence-corrected chi connectivity index (χ0v) is 30.3. The van der Waals surface area contributed by atoms with Gasteiger partial charge in [-0.2, -0.15) is 0 Å². The van der Waals surface area contributed by atoms with Gasteiger partial charge in [0.05, 0.1) is 11.7 Å². The maximum atomic E-state index is 13.4. The minimum atomic E-state index is -1.95. The Hall–Kier alpha value is -2.48. The Labute approximate surface area is 279 Å². The summed E-state index contributed by atoms with van der Waals surface area (Å²) in [5, 5.41) is 20.5. The molecule has 46 heavy (non-hydrogen) atoms. The first kappa shape index (κ1) is 38.0. The highest BCUT2D eigenvalue weighted by Crippen LogP contribution is 2.43. The van der Waals surface area contributed by atoms with Crippen molar-refractivity contribution in [3.05, 3.63) is 60.2 Å². The first-order chi connectivity index (χ1) is 21.8. The number of carbonyl (C=O) groups is 2. The first-order valence-corrected chi connectivity index (χ1v) is 20.7. The monoisotopic (exact) mass is 652 g/mol. The number of carbonyl (C=O) groups excluding carboxylic acids is 1. The van der Waals surface area contributed by atoms with Crippen LogP contribution >= 0.6 is 0 Å². The smallest absolute Gasteiger partial charge is 0.338 e. The summed E-state index contributed by atoms with van der Waals surface area (Å²) in [6.07, 6.45) is 10.5. The van der Waals surface area contributed by atoms with E-state index in [2.05, 4.69) is 40.8 Å². The Morgan fingerprint density at radius 1 is 0.848 bits per heavy atom. The zero-order chi connectivity index (χ0) is 33.7. The van der Waals surface area contributed by atoms with E-state index in [1.54, 1.807) is 0 Å². The molecule has 5 atom stereocenters. The van der Waals surface area contributed by atoms with Crippen molar-refractivity contribution >= 4 is 20.3 Å². The molecule has 1 aliphatic carbocycles. The highest BCUT2D eigenvalue weighted by molar-refractivity contribution is 6.74. The number of aliphatic carboxylic acids is 1. The van der Waals surface area contributed by atoms with Crippen LogP contribution in [-0.4, -0.2) is 48.8 Å². The van der Waals surface area contributed by atoms with Crippen molar-refractivity contribution < 1.29 is 29.0 Å². The third-order valence-corrected chi connectivity index (χ3v) is 14.9. The largest absolute Gasteiger partial charge is 0.481 e. The lowest BCUT2D eigenvalue weighted by molar-refractivity contribution is -0.137. The number of unbranched alkanes of at least 4 members (excludes halogenated alkanes) is 5. The van der Waals surface area contributed by atoms with Gasteiger partial charge in [0.2, 0.25) is 0 Å². The van der Waals surface area contributed by atoms with E-state index < -0.39 is 20.4 Å². The number of carboxylic acids is 1. The maximum Gasteiger partial charge on any atom is 0.338 e. The zero-order valence-electron chi connectivity index (χ0n) is 29.3. The van der Waals surface area contributed by atoms with Crippen LogP contribution in [0.4, 0.5) is 0 Å². The molecule has 256 valence electrons. The Kier molecular flexibility index (Phi) is 15.0. The molecule has 3 rings (SSSR count). The van der Waals surface area contributed by atoms with Crippen LogP contribution in [0.15, 0.2) is 54.6 Å². The van der Waals surface area contributed by atoms with Crippen molar-refractivity contribution in [1.29, 1.82) is 0 Å². The van der Waals surface area contributed by atoms with E-state index in [0.717, 1.165) is 62.5 Å². The molecule has 0 radical (unpaired) electrons. The minimum absolute atomic E-state index is 0.0361. The van der Waals surface area contributed by atoms with Gasteiger partial charge in [-0.15, -0.1) is 0 Å². The Morgan fingerprint density at radius 3 is 2.13 bits per heavy atom. The first-order valence-electron chi connectivity index (χ1n) is 17.8. The van der Waals surface area contributed by atoms with E-state index in [-0.39, 0.29) is 41.5 Å². The third-order valence-electron chi connectivity index (χ3n) is 10.4. The fraction of sp³-hybridized carbons (Fsp3) is 0.641. The molecule has 6 nitrogen and oxygen atoms in total. The van der Waals surface area contributed by atoms with Gasteiger partial charge < -0.3 is 19.4 Å². The van der Waals surface area contributed by atoms with Crippen LogP contribution in [-0.2, 0) is 14.0 Å². The number of hydrogen-bond acceptors (Lipinski definition) is 5. The highest BCUT2D eigenvalue weighted by atomic mass is 28.4. The lowest BCUT2D eigenvalue weighted by atomic mass is 9.84. The van der Waals surface area contributed by atoms with Crippen molar-refractivity contribution in [2.45, 2.75) is 148 Å². The molecule has 1 aliphatic rings. The molecule has 0 aromatic heterocycles. The lowest BCUT2D eigenvalue weighted by Crippen LogP contribution is -2.44. The lowest BCUT2D eigenvalue weighted by Gasteiger charge is -2.40. The number of benzene rings is 2. The van der Waals surface area contributed by atoms with Gasteiger partial charge in [-0.3, -0.25) is 4.79 Å². The van der Waals surface area contributed by atoms with Crippen molar-refractivity contribution in [1.82, 2.24) is 0 Å². The fourth-order valence-electron chi connectivity index (χ4n) is 6.59. The Morgan fingerprint density at radius 2 is 1.50 bits per heavy atom. The second kappa shape index (κ2) is 18.2. The summed E-state index contributed by atoms with van der Waals surface area (Å²) in [4.78, 5) is 24.3. The van der Waals surface area contributed by atoms with Gasteiger partial charge in [0.1, 0.15) is 6.10 Å². The van der Waals surface area contributed by atoms with Crippen LogP contribution in [0.2, 0.25) is 18.1 Å². The van der Waals surface area contributed by atoms with Crippen LogP contribution in [0.25, 0.3) is 11.1 Å². The number of esters is 1. The number of ether oxygens (including phenoxy) is 1. The van der Waals surface area contributed by atoms with Crippen molar-refractivity contribution in [2.24, 2.45) is 11.8 Å². The van der Waals surface area contributed by atoms with Gasteiger partial charge in [-0.1, -0.05) is 109 Å². The molecular formula is C39H60O6Si. The second-order valence-electron chi connectivity index (χ2n) is 14.9. The maximum absolute atomic E-state index is 13.4. The third kappa shape index (κ3) is 11.6. The van der Waals surface area contributed by atoms with E-state index >= 15 is 0 Å². The molecule has 1 saturated carbocycles. The summed E-state index contributed by atoms with van der Waals surface area (Å²) in [6.45, 7) is 13.7. The summed E-state index contributed by atoms with van der Waals surface area (Å²) in [5.74, 6) is -1.00. The van der Waals surface area contributed by atoms with Gasteiger partial charge >= 0.3 is 11.9 Å². The standard InChI is InChI=1S/C39H60O6Si/c1-7-8-12-19-32(45-46(5,6)39(2,3)4)26-27-33-34(20-15-9-10-16-21-37(41)42)36(28-35(33)40)44-38(43)31-24-22-30(23-25-31)29-17-13-11-14-18-29/h11,13-14,17-18,22-25,32-36,40H,7-10,12,15-16,19-21,26-28H2,1-6H3,(H,41,42)/t32?,33-,34-,35?,36+/m1/s1. The number of aliphatic hydroxyl groups excluding tert-OH is 1. The highest BCUT2D eigenvalue weighted by Gasteiger charge is 2.45. The molecule has 0 amide bonds. The number of rotatable bonds is 19. The predicted molar refractivity (Wildman–Crippen MR) is 189 cm³/mol. The molecular weight excluding hydrogens is 593 g/mol. The molecule has 0 heterocycles. The van der Waals surface area contributed by atoms with Gasteiger partial charge in [0, 0.05) is 24.9 Å². The average molecular weight is 653 g/mol. The fourth-order valence-corrected chi connectivity index (χ4v) is 8.01. The SMILES string of the molecule is CCCCCC(CC[C@H]1C(O)C[C@H](OC(=O)c2ccc(-c3ccccc3)cc2)[C@@H]1CCCCCCC(=O)O)O[Si](C)(C)C(C)(C)C. The van der Waals surface area contributed by atoms with E-state index in [1.807, 2.05) is 54.6 Å². The molecule has 7 heteroatoms. The van der Waals surface area contributed by atoms with Gasteiger partial charge in [0.15, 0.2) is 8.32 Å². The van der Waals surface area contributed by atoms with Crippen LogP contribution in [0, 0.1) is 11.8 Å². The van der Waals surface area contributed by atoms with Crippen LogP contribution < -0.4 is 0 Å². The molecule has 1 fully saturated rings. The average Bonchev–Trinajstić information content (AvgIpc) is 3.30. The summed E-state index contributed by atoms with van der Waals surface area (Å²) >= 11 is 0. The van der Waals surface area contributed by atoms with E-state index in [4.69, 9.17) is 14.3 Å². The van der Waals surface area contributed by atoms with Crippen LogP contribution in [0.1, 0.15) is 122 Å². The molecule has 2 aromatic carbocycles. The molecule has 2 N–H and O–H groups in total. The van der Waals surface area contributed by atoms with Crippen molar-refractivity contribution in [2.75, 3.05) is 0 Å². The van der Waals surface area contributed by atoms with Crippen LogP contribution in [0.5, 0.6) is 0 Å². The van der Waals surface area contributed by atoms with Crippen molar-refractivity contribution in [3.63, 3.8) is 0 Å². The minimum Gasteiger partial charge on any atom is -0.481 e. The molecule has 2 unspecified atom stereocenters. The van der Waals surface area contributed by atoms with Crippen LogP contribution in [0.3, 0.4) is 0 Å². The molecule has 2 aromatic rings. The molecule has 0 spiro atoms. The predicted octanol–water partition coefficient (Wildman–Crippen LogP) is 10.1. The Balaban J connectivity index is 1.71. The van der Waals surface area contributed by atoms with E-state index in [1.165, 1.54) is 12.8 Å². The summed E-state index contributed by atoms with van der Waals surface area (Å²) < 4.78 is 13.1. The second-order valence-corrected chi connectivity index (χ2v) is 19.7. The number of carboxylic acid groups (broad SMARTS) is 1. The summed E-state index contributed by atoms with van der Waals surface area (Å²) in [5.41, 5.74) is 2.66. The quantitative estimate of drug-likeness (QED) is 0.0891. The van der Waals surface area contributed by atoms with Crippen molar-refractivity contribution in [3.8, 4) is 11.1 Å². The normalized spacial score (nSPS) is 20.8. The summed E-state index contributed by atoms with van der Waals surface area (Å²) in [7, 11) is -1.95.